The Bertz CT molecular complexity index is 184. The van der Waals surface area contributed by atoms with E-state index in [1.165, 1.54) is 0 Å². The Morgan fingerprint density at radius 2 is 1.90 bits per heavy atom. The summed E-state index contributed by atoms with van der Waals surface area (Å²) >= 11 is 5.09. The average molecular weight is 165 g/mol. The van der Waals surface area contributed by atoms with Gasteiger partial charge in [0.2, 0.25) is 0 Å². The van der Waals surface area contributed by atoms with Gasteiger partial charge in [0.05, 0.1) is 11.5 Å². The van der Waals surface area contributed by atoms with Gasteiger partial charge in [-0.1, -0.05) is 0 Å². The third kappa shape index (κ3) is 3.09. The van der Waals surface area contributed by atoms with Gasteiger partial charge < -0.3 is 10.2 Å². The molecule has 0 aromatic carbocycles. The SMILES string of the molecule is O=C(O)/C=C(/CCl)C(=O)O. The van der Waals surface area contributed by atoms with E-state index < -0.39 is 11.9 Å². The van der Waals surface area contributed by atoms with Gasteiger partial charge in [0.1, 0.15) is 0 Å². The van der Waals surface area contributed by atoms with Crippen molar-refractivity contribution in [2.24, 2.45) is 0 Å². The highest BCUT2D eigenvalue weighted by atomic mass is 35.5. The topological polar surface area (TPSA) is 74.6 Å². The second-order valence-corrected chi connectivity index (χ2v) is 1.71. The van der Waals surface area contributed by atoms with E-state index in [-0.39, 0.29) is 11.5 Å². The van der Waals surface area contributed by atoms with E-state index in [2.05, 4.69) is 0 Å². The van der Waals surface area contributed by atoms with Crippen molar-refractivity contribution in [3.05, 3.63) is 11.6 Å². The quantitative estimate of drug-likeness (QED) is 0.465. The summed E-state index contributed by atoms with van der Waals surface area (Å²) in [5, 5.41) is 16.3. The normalized spacial score (nSPS) is 11.1. The lowest BCUT2D eigenvalue weighted by atomic mass is 10.3. The summed E-state index contributed by atoms with van der Waals surface area (Å²) in [6.07, 6.45) is 0.565. The number of rotatable bonds is 3. The minimum Gasteiger partial charge on any atom is -0.478 e. The first-order valence-electron chi connectivity index (χ1n) is 2.30. The van der Waals surface area contributed by atoms with Crippen LogP contribution in [0.4, 0.5) is 0 Å². The van der Waals surface area contributed by atoms with Crippen molar-refractivity contribution in [2.75, 3.05) is 5.88 Å². The lowest BCUT2D eigenvalue weighted by Crippen LogP contribution is -2.04. The van der Waals surface area contributed by atoms with Crippen LogP contribution in [0.15, 0.2) is 11.6 Å². The molecule has 0 aliphatic heterocycles. The van der Waals surface area contributed by atoms with Gasteiger partial charge in [0, 0.05) is 6.08 Å². The van der Waals surface area contributed by atoms with Crippen molar-refractivity contribution < 1.29 is 19.8 Å². The summed E-state index contributed by atoms with van der Waals surface area (Å²) in [6, 6.07) is 0. The first-order valence-corrected chi connectivity index (χ1v) is 2.84. The second-order valence-electron chi connectivity index (χ2n) is 1.45. The van der Waals surface area contributed by atoms with Crippen molar-refractivity contribution in [1.82, 2.24) is 0 Å². The van der Waals surface area contributed by atoms with Gasteiger partial charge in [-0.05, 0) is 0 Å². The van der Waals surface area contributed by atoms with Crippen LogP contribution in [0.1, 0.15) is 0 Å². The maximum absolute atomic E-state index is 10.0. The number of halogens is 1. The Hall–Kier alpha value is -1.03. The van der Waals surface area contributed by atoms with Gasteiger partial charge in [-0.3, -0.25) is 0 Å². The number of aliphatic carboxylic acids is 2. The van der Waals surface area contributed by atoms with Crippen LogP contribution in [0.2, 0.25) is 0 Å². The maximum Gasteiger partial charge on any atom is 0.333 e. The van der Waals surface area contributed by atoms with E-state index in [9.17, 15) is 9.59 Å². The van der Waals surface area contributed by atoms with Crippen LogP contribution < -0.4 is 0 Å². The molecule has 0 radical (unpaired) electrons. The fourth-order valence-corrected chi connectivity index (χ4v) is 0.498. The smallest absolute Gasteiger partial charge is 0.333 e. The molecule has 0 saturated carbocycles. The fourth-order valence-electron chi connectivity index (χ4n) is 0.307. The van der Waals surface area contributed by atoms with Gasteiger partial charge in [-0.25, -0.2) is 9.59 Å². The first-order chi connectivity index (χ1) is 4.57. The number of hydrogen-bond acceptors (Lipinski definition) is 2. The molecule has 0 spiro atoms. The van der Waals surface area contributed by atoms with Crippen LogP contribution in [0.25, 0.3) is 0 Å². The van der Waals surface area contributed by atoms with Crippen LogP contribution in [-0.2, 0) is 9.59 Å². The summed E-state index contributed by atoms with van der Waals surface area (Å²) in [5.74, 6) is -2.92. The van der Waals surface area contributed by atoms with Gasteiger partial charge in [-0.2, -0.15) is 0 Å². The fraction of sp³-hybridized carbons (Fsp3) is 0.200. The van der Waals surface area contributed by atoms with Crippen molar-refractivity contribution in [3.63, 3.8) is 0 Å². The Morgan fingerprint density at radius 3 is 2.00 bits per heavy atom. The minimum atomic E-state index is -1.31. The van der Waals surface area contributed by atoms with E-state index in [4.69, 9.17) is 21.8 Å². The van der Waals surface area contributed by atoms with Gasteiger partial charge in [0.25, 0.3) is 0 Å². The minimum absolute atomic E-state index is 0.304. The van der Waals surface area contributed by atoms with E-state index in [0.717, 1.165) is 0 Å². The molecule has 0 unspecified atom stereocenters. The molecule has 2 N–H and O–H groups in total. The lowest BCUT2D eigenvalue weighted by Gasteiger charge is -1.90. The summed E-state index contributed by atoms with van der Waals surface area (Å²) < 4.78 is 0. The van der Waals surface area contributed by atoms with Crippen LogP contribution >= 0.6 is 11.6 Å². The van der Waals surface area contributed by atoms with E-state index >= 15 is 0 Å². The van der Waals surface area contributed by atoms with Gasteiger partial charge in [0.15, 0.2) is 0 Å². The number of carboxylic acids is 2. The third-order valence-electron chi connectivity index (χ3n) is 0.716. The highest BCUT2D eigenvalue weighted by Gasteiger charge is 2.06. The van der Waals surface area contributed by atoms with Crippen LogP contribution in [0.3, 0.4) is 0 Å². The number of hydrogen-bond donors (Lipinski definition) is 2. The molecule has 5 heteroatoms. The Labute approximate surface area is 61.7 Å². The Morgan fingerprint density at radius 1 is 1.40 bits per heavy atom. The molecule has 4 nitrogen and oxygen atoms in total. The summed E-state index contributed by atoms with van der Waals surface area (Å²) in [5.41, 5.74) is -0.325. The van der Waals surface area contributed by atoms with Crippen molar-refractivity contribution in [3.8, 4) is 0 Å². The zero-order valence-electron chi connectivity index (χ0n) is 4.87. The Kier molecular flexibility index (Phi) is 3.49. The Balaban J connectivity index is 4.34. The zero-order chi connectivity index (χ0) is 8.15. The number of carboxylic acid groups (broad SMARTS) is 2. The largest absolute Gasteiger partial charge is 0.478 e. The van der Waals surface area contributed by atoms with E-state index in [0.29, 0.717) is 6.08 Å². The van der Waals surface area contributed by atoms with Crippen molar-refractivity contribution >= 4 is 23.5 Å². The molecule has 0 amide bonds. The number of carbonyl (C=O) groups is 2. The zero-order valence-corrected chi connectivity index (χ0v) is 5.63. The summed E-state index contributed by atoms with van der Waals surface area (Å²) in [6.45, 7) is 0. The molecule has 0 aliphatic rings. The predicted octanol–water partition coefficient (Wildman–Crippen LogP) is 0.321. The molecule has 0 rings (SSSR count). The second kappa shape index (κ2) is 3.90. The molecule has 0 saturated heterocycles. The maximum atomic E-state index is 10.0. The van der Waals surface area contributed by atoms with Crippen LogP contribution in [0.5, 0.6) is 0 Å². The lowest BCUT2D eigenvalue weighted by molar-refractivity contribution is -0.135. The van der Waals surface area contributed by atoms with E-state index in [1.807, 2.05) is 0 Å². The predicted molar refractivity (Wildman–Crippen MR) is 34.1 cm³/mol. The molecule has 0 fully saturated rings. The molecule has 10 heavy (non-hydrogen) atoms. The highest BCUT2D eigenvalue weighted by Crippen LogP contribution is 1.96. The standard InChI is InChI=1S/C5H5ClO4/c6-2-3(5(9)10)1-4(7)8/h1H,2H2,(H,7,8)(H,9,10)/b3-1-. The molecule has 0 aromatic heterocycles. The number of alkyl halides is 1. The molecule has 56 valence electrons. The third-order valence-corrected chi connectivity index (χ3v) is 1.00. The molecule has 0 aliphatic carbocycles. The van der Waals surface area contributed by atoms with Gasteiger partial charge in [-0.15, -0.1) is 11.6 Å². The van der Waals surface area contributed by atoms with Crippen molar-refractivity contribution in [1.29, 1.82) is 0 Å². The van der Waals surface area contributed by atoms with Gasteiger partial charge >= 0.3 is 11.9 Å². The average Bonchev–Trinajstić information content (AvgIpc) is 1.81. The molecular formula is C5H5ClO4. The molecule has 0 bridgehead atoms. The molecule has 0 atom stereocenters. The van der Waals surface area contributed by atoms with E-state index in [1.54, 1.807) is 0 Å². The molecule has 0 aromatic rings. The monoisotopic (exact) mass is 164 g/mol. The van der Waals surface area contributed by atoms with Crippen LogP contribution in [-0.4, -0.2) is 28.0 Å². The van der Waals surface area contributed by atoms with Crippen LogP contribution in [0, 0.1) is 0 Å². The summed E-state index contributed by atoms with van der Waals surface area (Å²) in [4.78, 5) is 19.9. The highest BCUT2D eigenvalue weighted by molar-refractivity contribution is 6.22. The molecular weight excluding hydrogens is 160 g/mol. The molecule has 0 heterocycles. The first kappa shape index (κ1) is 8.97. The summed E-state index contributed by atoms with van der Waals surface area (Å²) in [7, 11) is 0. The van der Waals surface area contributed by atoms with Crippen molar-refractivity contribution in [2.45, 2.75) is 0 Å².